The van der Waals surface area contributed by atoms with E-state index in [0.29, 0.717) is 30.8 Å². The molecule has 1 aliphatic heterocycles. The molecule has 0 spiro atoms. The predicted molar refractivity (Wildman–Crippen MR) is 139 cm³/mol. The van der Waals surface area contributed by atoms with Crippen molar-refractivity contribution in [3.05, 3.63) is 83.8 Å². The first-order valence-corrected chi connectivity index (χ1v) is 12.4. The van der Waals surface area contributed by atoms with Gasteiger partial charge in [-0.1, -0.05) is 55.3 Å². The number of carbonyl (C=O) groups excluding carboxylic acids is 2. The highest BCUT2D eigenvalue weighted by Gasteiger charge is 2.29. The maximum Gasteiger partial charge on any atom is 0.276 e. The van der Waals surface area contributed by atoms with Crippen molar-refractivity contribution in [1.29, 1.82) is 0 Å². The number of nitrogen functional groups attached to an aromatic ring is 1. The summed E-state index contributed by atoms with van der Waals surface area (Å²) in [5, 5.41) is 0. The molecule has 3 aromatic rings. The Bertz CT molecular complexity index is 1170. The van der Waals surface area contributed by atoms with E-state index in [4.69, 9.17) is 10.5 Å². The average Bonchev–Trinajstić information content (AvgIpc) is 2.90. The molecule has 2 amide bonds. The van der Waals surface area contributed by atoms with E-state index in [1.54, 1.807) is 17.0 Å². The van der Waals surface area contributed by atoms with Gasteiger partial charge in [0.15, 0.2) is 11.5 Å². The minimum Gasteiger partial charge on any atom is -0.491 e. The summed E-state index contributed by atoms with van der Waals surface area (Å²) in [6, 6.07) is 17.0. The molecule has 0 saturated carbocycles. The van der Waals surface area contributed by atoms with Crippen LogP contribution >= 0.6 is 0 Å². The highest BCUT2D eigenvalue weighted by atomic mass is 16.5. The number of carbonyl (C=O) groups is 2. The molecule has 1 aromatic heterocycles. The highest BCUT2D eigenvalue weighted by molar-refractivity contribution is 5.97. The standard InChI is InChI=1S/C28H33N5O3/c1-32-17-9-2-3-10-18-33(28(35)25-26(29)31-16-15-30-25)22(19-21-11-5-4-6-12-21)20-36-24-14-8-7-13-23(24)27(32)34/h4-8,11-16,22H,2-3,9-10,17-20H2,1H3,(H2,29,31)/t22-/m0/s1. The van der Waals surface area contributed by atoms with E-state index in [1.807, 2.05) is 54.4 Å². The molecule has 2 aromatic carbocycles. The van der Waals surface area contributed by atoms with E-state index in [9.17, 15) is 9.59 Å². The number of hydrogen-bond acceptors (Lipinski definition) is 6. The predicted octanol–water partition coefficient (Wildman–Crippen LogP) is 3.84. The lowest BCUT2D eigenvalue weighted by Gasteiger charge is -2.32. The van der Waals surface area contributed by atoms with E-state index in [2.05, 4.69) is 9.97 Å². The summed E-state index contributed by atoms with van der Waals surface area (Å²) >= 11 is 0. The average molecular weight is 488 g/mol. The van der Waals surface area contributed by atoms with Gasteiger partial charge in [-0.15, -0.1) is 0 Å². The third-order valence-electron chi connectivity index (χ3n) is 6.48. The number of ether oxygens (including phenoxy) is 1. The van der Waals surface area contributed by atoms with Crippen LogP contribution in [0.25, 0.3) is 0 Å². The Labute approximate surface area is 212 Å². The normalized spacial score (nSPS) is 17.6. The molecule has 8 nitrogen and oxygen atoms in total. The molecule has 0 unspecified atom stereocenters. The van der Waals surface area contributed by atoms with E-state index in [1.165, 1.54) is 12.4 Å². The van der Waals surface area contributed by atoms with E-state index < -0.39 is 0 Å². The third-order valence-corrected chi connectivity index (χ3v) is 6.48. The van der Waals surface area contributed by atoms with Gasteiger partial charge in [-0.3, -0.25) is 9.59 Å². The SMILES string of the molecule is CN1CCCCCCN(C(=O)c2nccnc2N)[C@@H](Cc2ccccc2)COc2ccccc2C1=O. The Hall–Kier alpha value is -3.94. The van der Waals surface area contributed by atoms with Crippen LogP contribution in [0.1, 0.15) is 52.1 Å². The van der Waals surface area contributed by atoms with Gasteiger partial charge in [0, 0.05) is 32.5 Å². The molecule has 1 aliphatic rings. The summed E-state index contributed by atoms with van der Waals surface area (Å²) in [5.74, 6) is 0.292. The Morgan fingerprint density at radius 2 is 1.67 bits per heavy atom. The fraction of sp³-hybridized carbons (Fsp3) is 0.357. The summed E-state index contributed by atoms with van der Waals surface area (Å²) in [5.41, 5.74) is 7.78. The van der Waals surface area contributed by atoms with Crippen LogP contribution in [-0.4, -0.2) is 64.4 Å². The first-order valence-electron chi connectivity index (χ1n) is 12.4. The molecule has 0 radical (unpaired) electrons. The minimum atomic E-state index is -0.301. The Morgan fingerprint density at radius 1 is 0.972 bits per heavy atom. The summed E-state index contributed by atoms with van der Waals surface area (Å²) in [6.07, 6.45) is 7.17. The van der Waals surface area contributed by atoms with Crippen LogP contribution < -0.4 is 10.5 Å². The first-order chi connectivity index (χ1) is 17.5. The van der Waals surface area contributed by atoms with Gasteiger partial charge in [-0.25, -0.2) is 9.97 Å². The number of anilines is 1. The van der Waals surface area contributed by atoms with Crippen LogP contribution in [-0.2, 0) is 6.42 Å². The second-order valence-electron chi connectivity index (χ2n) is 9.08. The van der Waals surface area contributed by atoms with Gasteiger partial charge in [-0.2, -0.15) is 0 Å². The number of aromatic nitrogens is 2. The second-order valence-corrected chi connectivity index (χ2v) is 9.08. The molecule has 0 saturated heterocycles. The highest BCUT2D eigenvalue weighted by Crippen LogP contribution is 2.23. The van der Waals surface area contributed by atoms with Crippen molar-refractivity contribution >= 4 is 17.6 Å². The van der Waals surface area contributed by atoms with E-state index in [0.717, 1.165) is 31.2 Å². The van der Waals surface area contributed by atoms with Gasteiger partial charge in [0.1, 0.15) is 12.4 Å². The van der Waals surface area contributed by atoms with Gasteiger partial charge in [-0.05, 0) is 37.0 Å². The molecule has 1 atom stereocenters. The fourth-order valence-electron chi connectivity index (χ4n) is 4.49. The zero-order valence-electron chi connectivity index (χ0n) is 20.7. The van der Waals surface area contributed by atoms with Crippen molar-refractivity contribution in [1.82, 2.24) is 19.8 Å². The molecule has 36 heavy (non-hydrogen) atoms. The van der Waals surface area contributed by atoms with Crippen LogP contribution in [0.5, 0.6) is 5.75 Å². The minimum absolute atomic E-state index is 0.0671. The number of fused-ring (bicyclic) bond motifs is 1. The van der Waals surface area contributed by atoms with Crippen LogP contribution in [0.2, 0.25) is 0 Å². The van der Waals surface area contributed by atoms with Crippen LogP contribution in [0, 0.1) is 0 Å². The molecule has 0 bridgehead atoms. The van der Waals surface area contributed by atoms with Crippen molar-refractivity contribution in [2.45, 2.75) is 38.1 Å². The number of nitrogens with zero attached hydrogens (tertiary/aromatic N) is 4. The quantitative estimate of drug-likeness (QED) is 0.602. The maximum atomic E-state index is 13.7. The van der Waals surface area contributed by atoms with Crippen molar-refractivity contribution < 1.29 is 14.3 Å². The molecule has 0 aliphatic carbocycles. The van der Waals surface area contributed by atoms with Crippen molar-refractivity contribution in [2.24, 2.45) is 0 Å². The van der Waals surface area contributed by atoms with Gasteiger partial charge in [0.25, 0.3) is 11.8 Å². The fourth-order valence-corrected chi connectivity index (χ4v) is 4.49. The number of nitrogens with two attached hydrogens (primary N) is 1. The van der Waals surface area contributed by atoms with Gasteiger partial charge in [0.05, 0.1) is 11.6 Å². The monoisotopic (exact) mass is 487 g/mol. The molecule has 2 heterocycles. The molecular weight excluding hydrogens is 454 g/mol. The zero-order valence-corrected chi connectivity index (χ0v) is 20.7. The van der Waals surface area contributed by atoms with Gasteiger partial charge >= 0.3 is 0 Å². The largest absolute Gasteiger partial charge is 0.491 e. The van der Waals surface area contributed by atoms with Crippen molar-refractivity contribution in [2.75, 3.05) is 32.5 Å². The summed E-state index contributed by atoms with van der Waals surface area (Å²) in [7, 11) is 1.83. The van der Waals surface area contributed by atoms with Gasteiger partial charge in [0.2, 0.25) is 0 Å². The first kappa shape index (κ1) is 25.2. The number of para-hydroxylation sites is 1. The number of hydrogen-bond donors (Lipinski definition) is 1. The Kier molecular flexibility index (Phi) is 8.49. The zero-order chi connectivity index (χ0) is 25.3. The topological polar surface area (TPSA) is 102 Å². The smallest absolute Gasteiger partial charge is 0.276 e. The second kappa shape index (κ2) is 12.2. The molecule has 8 heteroatoms. The summed E-state index contributed by atoms with van der Waals surface area (Å²) in [4.78, 5) is 38.7. The van der Waals surface area contributed by atoms with E-state index in [-0.39, 0.29) is 36.0 Å². The lowest BCUT2D eigenvalue weighted by Crippen LogP contribution is -2.46. The lowest BCUT2D eigenvalue weighted by molar-refractivity contribution is 0.0594. The van der Waals surface area contributed by atoms with E-state index >= 15 is 0 Å². The van der Waals surface area contributed by atoms with Gasteiger partial charge < -0.3 is 20.3 Å². The Balaban J connectivity index is 1.70. The molecule has 2 N–H and O–H groups in total. The third kappa shape index (κ3) is 6.19. The molecular formula is C28H33N5O3. The molecule has 0 fully saturated rings. The van der Waals surface area contributed by atoms with Crippen LogP contribution in [0.4, 0.5) is 5.82 Å². The molecule has 188 valence electrons. The molecule has 4 rings (SSSR count). The number of rotatable bonds is 3. The lowest BCUT2D eigenvalue weighted by atomic mass is 10.0. The summed E-state index contributed by atoms with van der Waals surface area (Å²) in [6.45, 7) is 1.43. The maximum absolute atomic E-state index is 13.7. The summed E-state index contributed by atoms with van der Waals surface area (Å²) < 4.78 is 6.27. The Morgan fingerprint density at radius 3 is 2.44 bits per heavy atom. The van der Waals surface area contributed by atoms with Crippen LogP contribution in [0.15, 0.2) is 67.0 Å². The van der Waals surface area contributed by atoms with Crippen molar-refractivity contribution in [3.8, 4) is 5.75 Å². The van der Waals surface area contributed by atoms with Crippen molar-refractivity contribution in [3.63, 3.8) is 0 Å². The number of benzene rings is 2. The van der Waals surface area contributed by atoms with Crippen LogP contribution in [0.3, 0.4) is 0 Å². The number of amides is 2.